The van der Waals surface area contributed by atoms with Gasteiger partial charge in [0.2, 0.25) is 0 Å². The van der Waals surface area contributed by atoms with Crippen LogP contribution in [0.3, 0.4) is 0 Å². The molecule has 12 heavy (non-hydrogen) atoms. The molecular weight excluding hydrogens is 166 g/mol. The number of nitrogens with zero attached hydrogens (tertiary/aromatic N) is 1. The average Bonchev–Trinajstić information content (AvgIpc) is 1.49. The van der Waals surface area contributed by atoms with Crippen molar-refractivity contribution in [2.75, 3.05) is 0 Å². The van der Waals surface area contributed by atoms with Crippen LogP contribution in [0.25, 0.3) is 0 Å². The van der Waals surface area contributed by atoms with E-state index in [1.807, 2.05) is 0 Å². The zero-order valence-corrected chi connectivity index (χ0v) is 11.4. The van der Waals surface area contributed by atoms with E-state index in [2.05, 4.69) is 57.2 Å². The molecule has 0 saturated heterocycles. The quantitative estimate of drug-likeness (QED) is 0.479. The van der Waals surface area contributed by atoms with Crippen LogP contribution in [-0.2, 0) is 0 Å². The molecule has 0 aromatic heterocycles. The van der Waals surface area contributed by atoms with Crippen molar-refractivity contribution in [1.82, 2.24) is 15.6 Å². The van der Waals surface area contributed by atoms with Gasteiger partial charge in [0, 0.05) is 11.1 Å². The molecular formula is C8H23N3Si. The van der Waals surface area contributed by atoms with Crippen molar-refractivity contribution in [2.45, 2.75) is 52.6 Å². The smallest absolute Gasteiger partial charge is 0.120 e. The van der Waals surface area contributed by atoms with E-state index < -0.39 is 0 Å². The molecule has 0 fully saturated rings. The van der Waals surface area contributed by atoms with Gasteiger partial charge in [0.15, 0.2) is 0 Å². The lowest BCUT2D eigenvalue weighted by atomic mass is 10.1. The van der Waals surface area contributed by atoms with E-state index in [0.717, 1.165) is 10.4 Å². The van der Waals surface area contributed by atoms with Gasteiger partial charge < -0.3 is 0 Å². The first kappa shape index (κ1) is 12.1. The fourth-order valence-electron chi connectivity index (χ4n) is 1.03. The van der Waals surface area contributed by atoms with Crippen molar-refractivity contribution < 1.29 is 0 Å². The second-order valence-electron chi connectivity index (χ2n) is 5.28. The SMILES string of the molecule is CC(C)(C)NN([SiH3])NC(C)(C)C. The molecule has 4 heteroatoms. The minimum atomic E-state index is 0.139. The van der Waals surface area contributed by atoms with Crippen LogP contribution in [0, 0.1) is 0 Å². The minimum Gasteiger partial charge on any atom is -0.244 e. The maximum absolute atomic E-state index is 3.36. The van der Waals surface area contributed by atoms with Gasteiger partial charge in [-0.3, -0.25) is 0 Å². The molecule has 0 aliphatic rings. The van der Waals surface area contributed by atoms with Gasteiger partial charge in [-0.1, -0.05) is 0 Å². The van der Waals surface area contributed by atoms with Gasteiger partial charge in [0.25, 0.3) is 0 Å². The summed E-state index contributed by atoms with van der Waals surface area (Å²) in [5.41, 5.74) is 7.00. The Labute approximate surface area is 79.3 Å². The molecule has 2 N–H and O–H groups in total. The van der Waals surface area contributed by atoms with Crippen molar-refractivity contribution in [2.24, 2.45) is 0 Å². The number of hydrogen-bond donors (Lipinski definition) is 2. The summed E-state index contributed by atoms with van der Waals surface area (Å²) >= 11 is 0. The van der Waals surface area contributed by atoms with Crippen molar-refractivity contribution in [3.8, 4) is 0 Å². The second-order valence-corrected chi connectivity index (χ2v) is 6.18. The molecule has 0 rings (SSSR count). The van der Waals surface area contributed by atoms with Crippen LogP contribution >= 0.6 is 0 Å². The lowest BCUT2D eigenvalue weighted by Crippen LogP contribution is -2.59. The normalized spacial score (nSPS) is 14.2. The largest absolute Gasteiger partial charge is 0.244 e. The van der Waals surface area contributed by atoms with Gasteiger partial charge in [-0.2, -0.15) is 0 Å². The van der Waals surface area contributed by atoms with Crippen LogP contribution in [0.1, 0.15) is 41.5 Å². The van der Waals surface area contributed by atoms with E-state index >= 15 is 0 Å². The van der Waals surface area contributed by atoms with Gasteiger partial charge in [-0.05, 0) is 41.5 Å². The third kappa shape index (κ3) is 8.20. The van der Waals surface area contributed by atoms with E-state index in [9.17, 15) is 0 Å². The molecule has 0 radical (unpaired) electrons. The molecule has 0 aliphatic heterocycles. The predicted molar refractivity (Wildman–Crippen MR) is 57.6 cm³/mol. The summed E-state index contributed by atoms with van der Waals surface area (Å²) in [6.07, 6.45) is 0. The molecule has 0 aromatic carbocycles. The predicted octanol–water partition coefficient (Wildman–Crippen LogP) is 0.175. The third-order valence-corrected chi connectivity index (χ3v) is 1.45. The molecule has 0 unspecified atom stereocenters. The average molecular weight is 189 g/mol. The highest BCUT2D eigenvalue weighted by molar-refractivity contribution is 6.03. The lowest BCUT2D eigenvalue weighted by Gasteiger charge is -2.34. The van der Waals surface area contributed by atoms with Crippen molar-refractivity contribution in [1.29, 1.82) is 0 Å². The Kier molecular flexibility index (Phi) is 3.90. The summed E-state index contributed by atoms with van der Waals surface area (Å²) in [6, 6.07) is 0. The molecule has 0 atom stereocenters. The number of hydrogen-bond acceptors (Lipinski definition) is 3. The summed E-state index contributed by atoms with van der Waals surface area (Å²) in [5.74, 6) is 0. The molecule has 74 valence electrons. The van der Waals surface area contributed by atoms with E-state index in [4.69, 9.17) is 0 Å². The Hall–Kier alpha value is 0.0969. The maximum atomic E-state index is 3.36. The van der Waals surface area contributed by atoms with Crippen molar-refractivity contribution >= 4 is 10.4 Å². The van der Waals surface area contributed by atoms with Crippen LogP contribution < -0.4 is 10.9 Å². The fourth-order valence-corrected chi connectivity index (χ4v) is 2.38. The molecule has 0 heterocycles. The van der Waals surface area contributed by atoms with Crippen molar-refractivity contribution in [3.63, 3.8) is 0 Å². The minimum absolute atomic E-state index is 0.139. The zero-order valence-electron chi connectivity index (χ0n) is 9.45. The zero-order chi connectivity index (χ0) is 9.99. The van der Waals surface area contributed by atoms with Crippen LogP contribution in [0.4, 0.5) is 0 Å². The molecule has 0 aromatic rings. The summed E-state index contributed by atoms with van der Waals surface area (Å²) < 4.78 is 0. The summed E-state index contributed by atoms with van der Waals surface area (Å²) in [7, 11) is 0.962. The first-order valence-corrected chi connectivity index (χ1v) is 5.29. The van der Waals surface area contributed by atoms with Crippen molar-refractivity contribution in [3.05, 3.63) is 0 Å². The van der Waals surface area contributed by atoms with Gasteiger partial charge in [-0.15, -0.1) is 0 Å². The van der Waals surface area contributed by atoms with Crippen LogP contribution in [0.15, 0.2) is 0 Å². The van der Waals surface area contributed by atoms with E-state index in [-0.39, 0.29) is 11.1 Å². The maximum Gasteiger partial charge on any atom is 0.120 e. The number of hydrazine groups is 2. The molecule has 0 amide bonds. The standard InChI is InChI=1S/C8H23N3Si/c1-7(2,3)9-11(12)10-8(4,5)6/h9-10H,1-6,12H3. The van der Waals surface area contributed by atoms with Crippen LogP contribution in [0.2, 0.25) is 0 Å². The Morgan fingerprint density at radius 3 is 1.25 bits per heavy atom. The highest BCUT2D eigenvalue weighted by atomic mass is 28.2. The first-order chi connectivity index (χ1) is 5.10. The highest BCUT2D eigenvalue weighted by Gasteiger charge is 2.16. The van der Waals surface area contributed by atoms with Gasteiger partial charge in [0.1, 0.15) is 10.4 Å². The van der Waals surface area contributed by atoms with E-state index in [0.29, 0.717) is 0 Å². The topological polar surface area (TPSA) is 27.3 Å². The highest BCUT2D eigenvalue weighted by Crippen LogP contribution is 2.01. The molecule has 0 spiro atoms. The van der Waals surface area contributed by atoms with Crippen LogP contribution in [-0.4, -0.2) is 26.3 Å². The first-order valence-electron chi connectivity index (χ1n) is 4.39. The Morgan fingerprint density at radius 2 is 1.08 bits per heavy atom. The molecule has 3 nitrogen and oxygen atoms in total. The lowest BCUT2D eigenvalue weighted by molar-refractivity contribution is 0.127. The van der Waals surface area contributed by atoms with E-state index in [1.165, 1.54) is 0 Å². The van der Waals surface area contributed by atoms with Gasteiger partial charge in [-0.25, -0.2) is 15.6 Å². The monoisotopic (exact) mass is 189 g/mol. The second kappa shape index (κ2) is 3.87. The molecule has 0 bridgehead atoms. The molecule has 0 aliphatic carbocycles. The summed E-state index contributed by atoms with van der Waals surface area (Å²) in [6.45, 7) is 12.9. The Balaban J connectivity index is 3.83. The van der Waals surface area contributed by atoms with E-state index in [1.54, 1.807) is 0 Å². The third-order valence-electron chi connectivity index (χ3n) is 1.01. The van der Waals surface area contributed by atoms with Gasteiger partial charge in [0.05, 0.1) is 0 Å². The Bertz CT molecular complexity index is 118. The Morgan fingerprint density at radius 1 is 0.833 bits per heavy atom. The molecule has 0 saturated carbocycles. The number of nitrogens with one attached hydrogen (secondary N) is 2. The summed E-state index contributed by atoms with van der Waals surface area (Å²) in [5, 5.41) is 0. The van der Waals surface area contributed by atoms with Crippen LogP contribution in [0.5, 0.6) is 0 Å². The fraction of sp³-hybridized carbons (Fsp3) is 1.00. The summed E-state index contributed by atoms with van der Waals surface area (Å²) in [4.78, 5) is 2.06. The number of rotatable bonds is 2. The van der Waals surface area contributed by atoms with Gasteiger partial charge >= 0.3 is 0 Å².